The minimum Gasteiger partial charge on any atom is -0.549 e. The monoisotopic (exact) mass is 630 g/mol. The summed E-state index contributed by atoms with van der Waals surface area (Å²) < 4.78 is 80.9. The Morgan fingerprint density at radius 3 is 1.03 bits per heavy atom. The third kappa shape index (κ3) is 27.5. The van der Waals surface area contributed by atoms with Crippen LogP contribution in [0.15, 0.2) is 0 Å². The van der Waals surface area contributed by atoms with Gasteiger partial charge in [-0.25, -0.2) is 0 Å². The molecular weight excluding hydrogens is 597 g/mol. The van der Waals surface area contributed by atoms with E-state index < -0.39 is 84.7 Å². The number of rotatable bonds is 10. The summed E-state index contributed by atoms with van der Waals surface area (Å²) in [5.74, 6) is -9.51. The number of carboxylic acids is 2. The Morgan fingerprint density at radius 2 is 0.892 bits per heavy atom. The molecule has 0 N–H and O–H groups in total. The molecule has 0 aliphatic carbocycles. The van der Waals surface area contributed by atoms with Gasteiger partial charge in [0, 0.05) is 0 Å². The number of Topliss-reactive ketones (excluding diaryl/α,β-unsaturated/α-hetero) is 2. The Hall–Kier alpha value is -1.34. The van der Waals surface area contributed by atoms with Crippen LogP contribution in [0.3, 0.4) is 0 Å². The molecule has 0 aromatic carbocycles. The predicted molar refractivity (Wildman–Crippen MR) is 111 cm³/mol. The second-order valence-electron chi connectivity index (χ2n) is 9.59. The summed E-state index contributed by atoms with van der Waals surface area (Å²) in [4.78, 5) is 41.7. The number of hydrogen-bond donors (Lipinski definition) is 0. The molecule has 8 nitrogen and oxygen atoms in total. The molecule has 15 heteroatoms. The predicted octanol–water partition coefficient (Wildman–Crippen LogP) is 3.10. The number of carbonyl (C=O) groups excluding carboxylic acids is 4. The number of ketones is 2. The van der Waals surface area contributed by atoms with Crippen LogP contribution in [0.1, 0.15) is 81.1 Å². The topological polar surface area (TPSA) is 133 Å². The summed E-state index contributed by atoms with van der Waals surface area (Å²) >= 11 is -1.06. The van der Waals surface area contributed by atoms with Crippen molar-refractivity contribution in [3.63, 3.8) is 0 Å². The van der Waals surface area contributed by atoms with E-state index in [1.54, 1.807) is 0 Å². The maximum absolute atomic E-state index is 11.6. The Labute approximate surface area is 225 Å². The number of alkyl halides is 6. The number of carboxylic acid groups (broad SMARTS) is 2. The SMILES string of the molecule is CC(C)(C)[O][Zr+2][O]C(C)(C)C.CCC(C(=O)[O-])C(=O)CC(F)(F)F.CCC(C(=O)[O-])C(=O)CC(F)(F)F. The van der Waals surface area contributed by atoms with Gasteiger partial charge in [0.05, 0.1) is 23.8 Å². The van der Waals surface area contributed by atoms with Crippen molar-refractivity contribution in [3.8, 4) is 0 Å². The Bertz CT molecular complexity index is 665. The summed E-state index contributed by atoms with van der Waals surface area (Å²) in [6.07, 6.45) is -13.1. The van der Waals surface area contributed by atoms with E-state index in [0.717, 1.165) is 0 Å². The van der Waals surface area contributed by atoms with Crippen LogP contribution in [0.4, 0.5) is 26.3 Å². The van der Waals surface area contributed by atoms with Crippen LogP contribution in [0.25, 0.3) is 0 Å². The van der Waals surface area contributed by atoms with E-state index in [-0.39, 0.29) is 24.0 Å². The molecule has 0 rings (SSSR count). The summed E-state index contributed by atoms with van der Waals surface area (Å²) in [6.45, 7) is 15.0. The van der Waals surface area contributed by atoms with Crippen molar-refractivity contribution in [2.45, 2.75) is 105 Å². The van der Waals surface area contributed by atoms with Crippen molar-refractivity contribution in [2.75, 3.05) is 0 Å². The molecule has 37 heavy (non-hydrogen) atoms. The first-order valence-corrected chi connectivity index (χ1v) is 13.0. The van der Waals surface area contributed by atoms with Gasteiger partial charge in [0.2, 0.25) is 0 Å². The van der Waals surface area contributed by atoms with Gasteiger partial charge in [-0.05, 0) is 12.8 Å². The summed E-state index contributed by atoms with van der Waals surface area (Å²) in [5.41, 5.74) is -0.0607. The number of aliphatic carboxylic acids is 2. The fourth-order valence-electron chi connectivity index (χ4n) is 1.96. The van der Waals surface area contributed by atoms with E-state index in [4.69, 9.17) is 5.63 Å². The fourth-order valence-corrected chi connectivity index (χ4v) is 3.30. The van der Waals surface area contributed by atoms with Crippen LogP contribution in [0.2, 0.25) is 0 Å². The largest absolute Gasteiger partial charge is 0.549 e. The molecule has 2 unspecified atom stereocenters. The zero-order valence-electron chi connectivity index (χ0n) is 22.0. The molecule has 0 bridgehead atoms. The quantitative estimate of drug-likeness (QED) is 0.266. The fraction of sp³-hybridized carbons (Fsp3) is 0.818. The molecule has 0 amide bonds. The van der Waals surface area contributed by atoms with Gasteiger partial charge in [0.25, 0.3) is 0 Å². The van der Waals surface area contributed by atoms with Gasteiger partial charge in [-0.3, -0.25) is 9.59 Å². The van der Waals surface area contributed by atoms with Gasteiger partial charge in [0.15, 0.2) is 11.6 Å². The summed E-state index contributed by atoms with van der Waals surface area (Å²) in [6, 6.07) is 0. The second kappa shape index (κ2) is 17.3. The summed E-state index contributed by atoms with van der Waals surface area (Å²) in [5, 5.41) is 20.3. The Morgan fingerprint density at radius 1 is 0.649 bits per heavy atom. The maximum Gasteiger partial charge on any atom is 0.395 e. The van der Waals surface area contributed by atoms with Gasteiger partial charge in [-0.1, -0.05) is 13.8 Å². The van der Waals surface area contributed by atoms with Gasteiger partial charge in [-0.2, -0.15) is 26.3 Å². The smallest absolute Gasteiger partial charge is 0.395 e. The van der Waals surface area contributed by atoms with E-state index in [2.05, 4.69) is 41.5 Å². The first kappa shape index (κ1) is 40.2. The molecule has 0 aromatic rings. The van der Waals surface area contributed by atoms with E-state index in [1.807, 2.05) is 0 Å². The summed E-state index contributed by atoms with van der Waals surface area (Å²) in [7, 11) is 0. The molecule has 0 aliphatic rings. The normalized spacial score (nSPS) is 13.6. The zero-order valence-corrected chi connectivity index (χ0v) is 24.5. The molecule has 2 atom stereocenters. The van der Waals surface area contributed by atoms with Crippen molar-refractivity contribution in [3.05, 3.63) is 0 Å². The molecular formula is C22H34F6O8Zr. The average Bonchev–Trinajstić information content (AvgIpc) is 2.57. The van der Waals surface area contributed by atoms with E-state index >= 15 is 0 Å². The first-order valence-electron chi connectivity index (χ1n) is 11.0. The van der Waals surface area contributed by atoms with Crippen molar-refractivity contribution < 1.29 is 85.5 Å². The third-order valence-corrected chi connectivity index (χ3v) is 7.03. The third-order valence-electron chi connectivity index (χ3n) is 3.61. The maximum atomic E-state index is 11.6. The molecule has 0 spiro atoms. The Balaban J connectivity index is -0.000000471. The van der Waals surface area contributed by atoms with Crippen LogP contribution in [0.5, 0.6) is 0 Å². The van der Waals surface area contributed by atoms with Crippen molar-refractivity contribution in [1.82, 2.24) is 0 Å². The van der Waals surface area contributed by atoms with Crippen molar-refractivity contribution in [1.29, 1.82) is 0 Å². The molecule has 0 aromatic heterocycles. The molecule has 0 fully saturated rings. The van der Waals surface area contributed by atoms with Crippen LogP contribution >= 0.6 is 0 Å². The van der Waals surface area contributed by atoms with E-state index in [9.17, 15) is 55.7 Å². The number of hydrogen-bond acceptors (Lipinski definition) is 8. The molecule has 0 heterocycles. The molecule has 216 valence electrons. The van der Waals surface area contributed by atoms with Gasteiger partial charge >= 0.3 is 94.8 Å². The molecule has 0 saturated heterocycles. The van der Waals surface area contributed by atoms with Gasteiger partial charge in [0.1, 0.15) is 12.8 Å². The van der Waals surface area contributed by atoms with Crippen LogP contribution in [0, 0.1) is 11.8 Å². The van der Waals surface area contributed by atoms with Crippen molar-refractivity contribution >= 4 is 23.5 Å². The second-order valence-corrected chi connectivity index (χ2v) is 11.0. The van der Waals surface area contributed by atoms with Gasteiger partial charge < -0.3 is 19.8 Å². The van der Waals surface area contributed by atoms with Gasteiger partial charge in [-0.15, -0.1) is 0 Å². The van der Waals surface area contributed by atoms with E-state index in [0.29, 0.717) is 0 Å². The van der Waals surface area contributed by atoms with Crippen molar-refractivity contribution in [2.24, 2.45) is 11.8 Å². The minimum atomic E-state index is -4.65. The standard InChI is InChI=1S/2C7H9F3O3.2C4H9O.Zr/c2*1-2-4(6(12)13)5(11)3-7(8,9)10;2*1-4(2,3)5;/h2*4H,2-3H2,1H3,(H,12,13);2*1-3H3;/q;;2*-1;+4/p-2. The zero-order chi connectivity index (χ0) is 30.4. The van der Waals surface area contributed by atoms with E-state index in [1.165, 1.54) is 13.8 Å². The molecule has 0 radical (unpaired) electrons. The first-order chi connectivity index (χ1) is 16.3. The number of carbonyl (C=O) groups is 4. The Kier molecular flexibility index (Phi) is 18.8. The van der Waals surface area contributed by atoms with Crippen LogP contribution in [-0.2, 0) is 48.9 Å². The number of halogens is 6. The van der Waals surface area contributed by atoms with Crippen LogP contribution < -0.4 is 10.2 Å². The minimum absolute atomic E-state index is 0.0303. The molecule has 0 aliphatic heterocycles. The molecule has 0 saturated carbocycles. The van der Waals surface area contributed by atoms with Crippen LogP contribution in [-0.4, -0.2) is 47.1 Å². The average molecular weight is 632 g/mol.